The molecule has 92 valence electrons. The fraction of sp³-hybridized carbons (Fsp3) is 0.364. The van der Waals surface area contributed by atoms with Gasteiger partial charge in [0.25, 0.3) is 0 Å². The lowest BCUT2D eigenvalue weighted by Gasteiger charge is -2.13. The molecule has 0 unspecified atom stereocenters. The first-order valence-electron chi connectivity index (χ1n) is 5.56. The van der Waals surface area contributed by atoms with Crippen molar-refractivity contribution in [2.75, 3.05) is 16.4 Å². The summed E-state index contributed by atoms with van der Waals surface area (Å²) in [6, 6.07) is 0. The Kier molecular flexibility index (Phi) is 4.93. The van der Waals surface area contributed by atoms with Gasteiger partial charge in [-0.1, -0.05) is 26.0 Å². The van der Waals surface area contributed by atoms with Crippen molar-refractivity contribution in [2.45, 2.75) is 26.7 Å². The molecule has 6 nitrogen and oxygen atoms in total. The molecule has 0 aliphatic rings. The molecule has 6 heteroatoms. The third-order valence-electron chi connectivity index (χ3n) is 1.89. The predicted molar refractivity (Wildman–Crippen MR) is 70.0 cm³/mol. The van der Waals surface area contributed by atoms with E-state index in [9.17, 15) is 0 Å². The van der Waals surface area contributed by atoms with Crippen molar-refractivity contribution in [3.63, 3.8) is 0 Å². The van der Waals surface area contributed by atoms with Crippen LogP contribution in [0.3, 0.4) is 0 Å². The Labute approximate surface area is 101 Å². The van der Waals surface area contributed by atoms with E-state index in [1.54, 1.807) is 4.90 Å². The average Bonchev–Trinajstić information content (AvgIpc) is 2.28. The highest BCUT2D eigenvalue weighted by atomic mass is 15.3. The van der Waals surface area contributed by atoms with E-state index in [0.29, 0.717) is 5.95 Å². The zero-order valence-corrected chi connectivity index (χ0v) is 10.2. The molecule has 0 spiro atoms. The fourth-order valence-corrected chi connectivity index (χ4v) is 1.13. The Balaban J connectivity index is 3.02. The van der Waals surface area contributed by atoms with E-state index in [2.05, 4.69) is 15.0 Å². The molecule has 1 aromatic rings. The van der Waals surface area contributed by atoms with E-state index in [1.165, 1.54) is 0 Å². The lowest BCUT2D eigenvalue weighted by molar-refractivity contribution is 1.01. The molecule has 0 amide bonds. The normalized spacial score (nSPS) is 11.4. The highest BCUT2D eigenvalue weighted by Crippen LogP contribution is 2.11. The summed E-state index contributed by atoms with van der Waals surface area (Å²) < 4.78 is 0. The molecular formula is C11H18N6. The summed E-state index contributed by atoms with van der Waals surface area (Å²) >= 11 is 0. The maximum atomic E-state index is 5.54. The van der Waals surface area contributed by atoms with E-state index >= 15 is 0 Å². The molecule has 0 saturated heterocycles. The lowest BCUT2D eigenvalue weighted by Crippen LogP contribution is -2.14. The van der Waals surface area contributed by atoms with Crippen LogP contribution < -0.4 is 16.4 Å². The van der Waals surface area contributed by atoms with Gasteiger partial charge in [0, 0.05) is 12.4 Å². The van der Waals surface area contributed by atoms with Gasteiger partial charge in [-0.05, 0) is 12.8 Å². The van der Waals surface area contributed by atoms with Crippen molar-refractivity contribution in [1.82, 2.24) is 15.0 Å². The zero-order valence-electron chi connectivity index (χ0n) is 10.2. The molecule has 17 heavy (non-hydrogen) atoms. The van der Waals surface area contributed by atoms with Gasteiger partial charge in [0.15, 0.2) is 0 Å². The molecule has 0 aliphatic heterocycles. The maximum absolute atomic E-state index is 5.54. The fourth-order valence-electron chi connectivity index (χ4n) is 1.13. The number of nitrogens with two attached hydrogens (primary N) is 2. The Morgan fingerprint density at radius 1 is 0.941 bits per heavy atom. The molecule has 0 bridgehead atoms. The molecule has 0 atom stereocenters. The van der Waals surface area contributed by atoms with Crippen LogP contribution in [-0.4, -0.2) is 15.0 Å². The quantitative estimate of drug-likeness (QED) is 0.805. The number of nitrogen functional groups attached to an aromatic ring is 2. The topological polar surface area (TPSA) is 94.0 Å². The van der Waals surface area contributed by atoms with Gasteiger partial charge in [-0.2, -0.15) is 15.0 Å². The van der Waals surface area contributed by atoms with Gasteiger partial charge in [-0.15, -0.1) is 0 Å². The van der Waals surface area contributed by atoms with Gasteiger partial charge in [0.2, 0.25) is 17.8 Å². The number of allylic oxidation sites excluding steroid dienone is 2. The Morgan fingerprint density at radius 3 is 1.82 bits per heavy atom. The van der Waals surface area contributed by atoms with Crippen LogP contribution in [0, 0.1) is 0 Å². The van der Waals surface area contributed by atoms with Crippen molar-refractivity contribution in [2.24, 2.45) is 0 Å². The molecule has 1 rings (SSSR count). The molecule has 0 radical (unpaired) electrons. The summed E-state index contributed by atoms with van der Waals surface area (Å²) in [4.78, 5) is 13.6. The average molecular weight is 234 g/mol. The van der Waals surface area contributed by atoms with Crippen LogP contribution in [0.25, 0.3) is 0 Å². The van der Waals surface area contributed by atoms with E-state index in [-0.39, 0.29) is 11.9 Å². The summed E-state index contributed by atoms with van der Waals surface area (Å²) in [6.07, 6.45) is 9.59. The van der Waals surface area contributed by atoms with Crippen LogP contribution in [0.2, 0.25) is 0 Å². The molecule has 0 fully saturated rings. The third kappa shape index (κ3) is 4.10. The number of hydrogen-bond donors (Lipinski definition) is 2. The van der Waals surface area contributed by atoms with Crippen LogP contribution in [0.4, 0.5) is 17.8 Å². The second-order valence-corrected chi connectivity index (χ2v) is 3.35. The first kappa shape index (κ1) is 13.0. The second kappa shape index (κ2) is 6.47. The monoisotopic (exact) mass is 234 g/mol. The van der Waals surface area contributed by atoms with Gasteiger partial charge in [-0.3, -0.25) is 4.90 Å². The highest BCUT2D eigenvalue weighted by molar-refractivity contribution is 5.45. The van der Waals surface area contributed by atoms with Crippen molar-refractivity contribution in [3.8, 4) is 0 Å². The van der Waals surface area contributed by atoms with Crippen LogP contribution >= 0.6 is 0 Å². The minimum Gasteiger partial charge on any atom is -0.368 e. The van der Waals surface area contributed by atoms with E-state index in [0.717, 1.165) is 12.8 Å². The van der Waals surface area contributed by atoms with Crippen molar-refractivity contribution >= 4 is 17.8 Å². The summed E-state index contributed by atoms with van der Waals surface area (Å²) in [5.74, 6) is 0.656. The number of nitrogens with zero attached hydrogens (tertiary/aromatic N) is 4. The number of aromatic nitrogens is 3. The van der Waals surface area contributed by atoms with Crippen molar-refractivity contribution in [1.29, 1.82) is 0 Å². The van der Waals surface area contributed by atoms with E-state index in [4.69, 9.17) is 11.5 Å². The van der Waals surface area contributed by atoms with Crippen LogP contribution in [-0.2, 0) is 0 Å². The first-order valence-corrected chi connectivity index (χ1v) is 5.56. The number of rotatable bonds is 5. The number of hydrogen-bond acceptors (Lipinski definition) is 6. The van der Waals surface area contributed by atoms with E-state index < -0.39 is 0 Å². The Morgan fingerprint density at radius 2 is 1.41 bits per heavy atom. The van der Waals surface area contributed by atoms with Crippen LogP contribution in [0.15, 0.2) is 24.6 Å². The number of anilines is 3. The standard InChI is InChI=1S/C11H18N6/c1-3-5-7-17(8-6-4-2)11-15-9(12)14-10(13)16-11/h5-8H,3-4H2,1-2H3,(H4,12,13,14,15,16). The van der Waals surface area contributed by atoms with Gasteiger partial charge in [-0.25, -0.2) is 0 Å². The minimum atomic E-state index is 0.118. The summed E-state index contributed by atoms with van der Waals surface area (Å²) in [6.45, 7) is 4.10. The van der Waals surface area contributed by atoms with Gasteiger partial charge >= 0.3 is 0 Å². The molecule has 1 heterocycles. The highest BCUT2D eigenvalue weighted by Gasteiger charge is 2.06. The Hall–Kier alpha value is -2.11. The Bertz CT molecular complexity index is 378. The molecule has 0 aromatic carbocycles. The zero-order chi connectivity index (χ0) is 12.7. The summed E-state index contributed by atoms with van der Waals surface area (Å²) in [5.41, 5.74) is 11.1. The minimum absolute atomic E-state index is 0.118. The van der Waals surface area contributed by atoms with Gasteiger partial charge < -0.3 is 11.5 Å². The predicted octanol–water partition coefficient (Wildman–Crippen LogP) is 1.69. The molecular weight excluding hydrogens is 216 g/mol. The SMILES string of the molecule is CCC=CN(C=CCC)c1nc(N)nc(N)n1. The molecule has 0 saturated carbocycles. The summed E-state index contributed by atoms with van der Waals surface area (Å²) in [5, 5.41) is 0. The summed E-state index contributed by atoms with van der Waals surface area (Å²) in [7, 11) is 0. The van der Waals surface area contributed by atoms with Crippen LogP contribution in [0.1, 0.15) is 26.7 Å². The third-order valence-corrected chi connectivity index (χ3v) is 1.89. The van der Waals surface area contributed by atoms with E-state index in [1.807, 2.05) is 38.4 Å². The lowest BCUT2D eigenvalue weighted by atomic mass is 10.4. The van der Waals surface area contributed by atoms with Crippen LogP contribution in [0.5, 0.6) is 0 Å². The molecule has 1 aromatic heterocycles. The van der Waals surface area contributed by atoms with Gasteiger partial charge in [0.1, 0.15) is 0 Å². The first-order chi connectivity index (χ1) is 8.17. The van der Waals surface area contributed by atoms with Crippen molar-refractivity contribution < 1.29 is 0 Å². The second-order valence-electron chi connectivity index (χ2n) is 3.35. The van der Waals surface area contributed by atoms with Crippen molar-refractivity contribution in [3.05, 3.63) is 24.6 Å². The molecule has 4 N–H and O–H groups in total. The maximum Gasteiger partial charge on any atom is 0.240 e. The largest absolute Gasteiger partial charge is 0.368 e. The smallest absolute Gasteiger partial charge is 0.240 e. The van der Waals surface area contributed by atoms with Gasteiger partial charge in [0.05, 0.1) is 0 Å². The molecule has 0 aliphatic carbocycles.